The molecule has 17 heavy (non-hydrogen) atoms. The highest BCUT2D eigenvalue weighted by molar-refractivity contribution is 5.94. The van der Waals surface area contributed by atoms with E-state index in [-0.39, 0.29) is 5.56 Å². The monoisotopic (exact) mass is 242 g/mol. The van der Waals surface area contributed by atoms with Gasteiger partial charge < -0.3 is 10.6 Å². The lowest BCUT2D eigenvalue weighted by atomic mass is 10.2. The molecule has 1 rings (SSSR count). The number of hydrogen-bond acceptors (Lipinski definition) is 2. The summed E-state index contributed by atoms with van der Waals surface area (Å²) < 4.78 is 26.1. The van der Waals surface area contributed by atoms with Crippen molar-refractivity contribution < 1.29 is 13.6 Å². The van der Waals surface area contributed by atoms with Crippen LogP contribution in [0.4, 0.5) is 8.78 Å². The van der Waals surface area contributed by atoms with Crippen molar-refractivity contribution in [3.05, 3.63) is 35.4 Å². The average Bonchev–Trinajstić information content (AvgIpc) is 2.27. The van der Waals surface area contributed by atoms with Crippen LogP contribution in [0.5, 0.6) is 0 Å². The molecule has 0 atom stereocenters. The molecular weight excluding hydrogens is 226 g/mol. The fourth-order valence-electron chi connectivity index (χ4n) is 1.31. The number of nitrogens with one attached hydrogen (secondary N) is 2. The Morgan fingerprint density at radius 3 is 2.65 bits per heavy atom. The van der Waals surface area contributed by atoms with Gasteiger partial charge in [-0.05, 0) is 12.1 Å². The summed E-state index contributed by atoms with van der Waals surface area (Å²) in [6, 6.07) is 3.85. The van der Waals surface area contributed by atoms with Crippen molar-refractivity contribution in [2.45, 2.75) is 19.9 Å². The quantitative estimate of drug-likeness (QED) is 0.771. The van der Waals surface area contributed by atoms with E-state index in [1.54, 1.807) is 0 Å². The van der Waals surface area contributed by atoms with E-state index < -0.39 is 17.5 Å². The van der Waals surface area contributed by atoms with Crippen LogP contribution in [0, 0.1) is 11.6 Å². The van der Waals surface area contributed by atoms with Gasteiger partial charge in [-0.1, -0.05) is 19.9 Å². The number of rotatable bonds is 5. The molecule has 0 heterocycles. The van der Waals surface area contributed by atoms with Crippen molar-refractivity contribution in [1.29, 1.82) is 0 Å². The minimum Gasteiger partial charge on any atom is -0.351 e. The van der Waals surface area contributed by atoms with Gasteiger partial charge in [-0.15, -0.1) is 0 Å². The number of halogens is 2. The minimum atomic E-state index is -1.11. The van der Waals surface area contributed by atoms with Crippen LogP contribution in [0.25, 0.3) is 0 Å². The van der Waals surface area contributed by atoms with Crippen molar-refractivity contribution in [2.75, 3.05) is 13.1 Å². The normalized spacial score (nSPS) is 10.6. The van der Waals surface area contributed by atoms with E-state index in [2.05, 4.69) is 10.6 Å². The Bertz CT molecular complexity index is 394. The summed E-state index contributed by atoms with van der Waals surface area (Å²) >= 11 is 0. The second kappa shape index (κ2) is 6.30. The second-order valence-electron chi connectivity index (χ2n) is 3.97. The fraction of sp³-hybridized carbons (Fsp3) is 0.417. The summed E-state index contributed by atoms with van der Waals surface area (Å²) in [7, 11) is 0. The van der Waals surface area contributed by atoms with E-state index in [4.69, 9.17) is 0 Å². The van der Waals surface area contributed by atoms with Gasteiger partial charge >= 0.3 is 0 Å². The molecule has 0 fully saturated rings. The molecule has 0 aliphatic carbocycles. The van der Waals surface area contributed by atoms with Crippen molar-refractivity contribution in [1.82, 2.24) is 10.6 Å². The molecule has 0 bridgehead atoms. The Morgan fingerprint density at radius 1 is 1.29 bits per heavy atom. The topological polar surface area (TPSA) is 41.1 Å². The molecule has 0 aromatic heterocycles. The zero-order valence-corrected chi connectivity index (χ0v) is 9.89. The minimum absolute atomic E-state index is 0.269. The average molecular weight is 242 g/mol. The molecule has 0 radical (unpaired) electrons. The number of benzene rings is 1. The highest BCUT2D eigenvalue weighted by Crippen LogP contribution is 2.10. The first kappa shape index (κ1) is 13.6. The lowest BCUT2D eigenvalue weighted by Gasteiger charge is -2.09. The maximum atomic E-state index is 13.2. The number of carbonyl (C=O) groups excluding carboxylic acids is 1. The molecule has 1 aromatic rings. The molecule has 0 aliphatic heterocycles. The van der Waals surface area contributed by atoms with Gasteiger partial charge in [0.25, 0.3) is 5.91 Å². The molecule has 1 aromatic carbocycles. The molecular formula is C12H16F2N2O. The highest BCUT2D eigenvalue weighted by Gasteiger charge is 2.14. The van der Waals surface area contributed by atoms with Gasteiger partial charge in [-0.2, -0.15) is 0 Å². The largest absolute Gasteiger partial charge is 0.351 e. The Balaban J connectivity index is 2.50. The van der Waals surface area contributed by atoms with Gasteiger partial charge in [0.1, 0.15) is 0 Å². The zero-order valence-electron chi connectivity index (χ0n) is 9.89. The lowest BCUT2D eigenvalue weighted by Crippen LogP contribution is -2.35. The summed E-state index contributed by atoms with van der Waals surface area (Å²) in [4.78, 5) is 11.5. The van der Waals surface area contributed by atoms with E-state index in [9.17, 15) is 13.6 Å². The number of carbonyl (C=O) groups is 1. The van der Waals surface area contributed by atoms with Crippen LogP contribution in [0.2, 0.25) is 0 Å². The Kier molecular flexibility index (Phi) is 5.03. The Hall–Kier alpha value is -1.49. The summed E-state index contributed by atoms with van der Waals surface area (Å²) in [5.41, 5.74) is -0.269. The lowest BCUT2D eigenvalue weighted by molar-refractivity contribution is 0.0948. The SMILES string of the molecule is CC(C)NCCNC(=O)c1cccc(F)c1F. The molecule has 0 unspecified atom stereocenters. The summed E-state index contributed by atoms with van der Waals surface area (Å²) in [5, 5.41) is 5.61. The van der Waals surface area contributed by atoms with E-state index in [1.807, 2.05) is 13.8 Å². The van der Waals surface area contributed by atoms with Crippen LogP contribution < -0.4 is 10.6 Å². The first-order valence-corrected chi connectivity index (χ1v) is 5.48. The fourth-order valence-corrected chi connectivity index (χ4v) is 1.31. The standard InChI is InChI=1S/C12H16F2N2O/c1-8(2)15-6-7-16-12(17)9-4-3-5-10(13)11(9)14/h3-5,8,15H,6-7H2,1-2H3,(H,16,17). The Morgan fingerprint density at radius 2 is 2.00 bits per heavy atom. The maximum Gasteiger partial charge on any atom is 0.254 e. The first-order valence-electron chi connectivity index (χ1n) is 5.48. The van der Waals surface area contributed by atoms with Crippen molar-refractivity contribution in [3.63, 3.8) is 0 Å². The van der Waals surface area contributed by atoms with Gasteiger partial charge in [0, 0.05) is 19.1 Å². The number of hydrogen-bond donors (Lipinski definition) is 2. The molecule has 94 valence electrons. The summed E-state index contributed by atoms with van der Waals surface area (Å²) in [6.07, 6.45) is 0. The predicted molar refractivity (Wildman–Crippen MR) is 61.8 cm³/mol. The van der Waals surface area contributed by atoms with Crippen LogP contribution >= 0.6 is 0 Å². The zero-order chi connectivity index (χ0) is 12.8. The predicted octanol–water partition coefficient (Wildman–Crippen LogP) is 1.69. The summed E-state index contributed by atoms with van der Waals surface area (Å²) in [5.74, 6) is -2.73. The third-order valence-corrected chi connectivity index (χ3v) is 2.16. The van der Waals surface area contributed by atoms with E-state index in [0.717, 1.165) is 6.07 Å². The van der Waals surface area contributed by atoms with E-state index in [1.165, 1.54) is 12.1 Å². The molecule has 3 nitrogen and oxygen atoms in total. The molecule has 1 amide bonds. The molecule has 0 aliphatic rings. The maximum absolute atomic E-state index is 13.2. The van der Waals surface area contributed by atoms with Crippen LogP contribution in [-0.4, -0.2) is 25.0 Å². The number of amides is 1. The van der Waals surface area contributed by atoms with Gasteiger partial charge in [0.05, 0.1) is 5.56 Å². The van der Waals surface area contributed by atoms with Crippen LogP contribution in [0.1, 0.15) is 24.2 Å². The molecule has 0 spiro atoms. The van der Waals surface area contributed by atoms with Gasteiger partial charge in [-0.3, -0.25) is 4.79 Å². The first-order chi connectivity index (χ1) is 8.02. The van der Waals surface area contributed by atoms with Crippen LogP contribution in [0.15, 0.2) is 18.2 Å². The van der Waals surface area contributed by atoms with Gasteiger partial charge in [0.15, 0.2) is 11.6 Å². The van der Waals surface area contributed by atoms with Gasteiger partial charge in [0.2, 0.25) is 0 Å². The highest BCUT2D eigenvalue weighted by atomic mass is 19.2. The molecule has 0 saturated carbocycles. The van der Waals surface area contributed by atoms with Gasteiger partial charge in [-0.25, -0.2) is 8.78 Å². The van der Waals surface area contributed by atoms with Crippen molar-refractivity contribution in [2.24, 2.45) is 0 Å². The van der Waals surface area contributed by atoms with Crippen LogP contribution in [0.3, 0.4) is 0 Å². The Labute approximate surface area is 99.2 Å². The molecule has 0 saturated heterocycles. The second-order valence-corrected chi connectivity index (χ2v) is 3.97. The van der Waals surface area contributed by atoms with E-state index >= 15 is 0 Å². The van der Waals surface area contributed by atoms with Crippen LogP contribution in [-0.2, 0) is 0 Å². The third kappa shape index (κ3) is 4.11. The summed E-state index contributed by atoms with van der Waals surface area (Å²) in [6.45, 7) is 4.91. The molecule has 2 N–H and O–H groups in total. The van der Waals surface area contributed by atoms with Crippen molar-refractivity contribution in [3.8, 4) is 0 Å². The smallest absolute Gasteiger partial charge is 0.254 e. The van der Waals surface area contributed by atoms with Crippen molar-refractivity contribution >= 4 is 5.91 Å². The molecule has 5 heteroatoms. The third-order valence-electron chi connectivity index (χ3n) is 2.16. The van der Waals surface area contributed by atoms with E-state index in [0.29, 0.717) is 19.1 Å².